The maximum atomic E-state index is 5.81. The summed E-state index contributed by atoms with van der Waals surface area (Å²) < 4.78 is 5.81. The van der Waals surface area contributed by atoms with Crippen LogP contribution in [0.25, 0.3) is 11.3 Å². The van der Waals surface area contributed by atoms with Gasteiger partial charge in [-0.05, 0) is 74.6 Å². The van der Waals surface area contributed by atoms with Crippen molar-refractivity contribution >= 4 is 5.82 Å². The fraction of sp³-hybridized carbons (Fsp3) is 0.615. The Bertz CT molecular complexity index is 841. The lowest BCUT2D eigenvalue weighted by atomic mass is 9.89. The largest absolute Gasteiger partial charge is 0.496 e. The standard InChI is InChI=1S/C26H39N3O/c1-6-12-20(13-7-2)27-26-23(9-4)28-25(22(8-3)29-26)21-16-18-14-10-11-15-19(18)17-24(21)30-5/h16-17,20H,6-15H2,1-5H3,(H,27,29). The Kier molecular flexibility index (Phi) is 8.12. The van der Waals surface area contributed by atoms with Gasteiger partial charge in [0, 0.05) is 11.6 Å². The van der Waals surface area contributed by atoms with Gasteiger partial charge in [-0.25, -0.2) is 9.97 Å². The first-order chi connectivity index (χ1) is 14.6. The second-order valence-electron chi connectivity index (χ2n) is 8.47. The predicted octanol–water partition coefficient (Wildman–Crippen LogP) is 6.54. The molecule has 0 radical (unpaired) electrons. The summed E-state index contributed by atoms with van der Waals surface area (Å²) in [5.41, 5.74) is 7.08. The molecule has 0 fully saturated rings. The van der Waals surface area contributed by atoms with Crippen LogP contribution in [0.5, 0.6) is 5.75 Å². The third-order valence-corrected chi connectivity index (χ3v) is 6.24. The van der Waals surface area contributed by atoms with Crippen LogP contribution in [0.4, 0.5) is 5.82 Å². The first-order valence-corrected chi connectivity index (χ1v) is 12.0. The number of hydrogen-bond acceptors (Lipinski definition) is 4. The Morgan fingerprint density at radius 1 is 0.900 bits per heavy atom. The summed E-state index contributed by atoms with van der Waals surface area (Å²) in [6.45, 7) is 8.84. The molecule has 0 saturated carbocycles. The Morgan fingerprint density at radius 3 is 2.10 bits per heavy atom. The lowest BCUT2D eigenvalue weighted by molar-refractivity contribution is 0.415. The highest BCUT2D eigenvalue weighted by Gasteiger charge is 2.21. The minimum Gasteiger partial charge on any atom is -0.496 e. The number of fused-ring (bicyclic) bond motifs is 1. The van der Waals surface area contributed by atoms with Crippen molar-refractivity contribution in [2.45, 2.75) is 97.9 Å². The average molecular weight is 410 g/mol. The van der Waals surface area contributed by atoms with Crippen LogP contribution in [-0.4, -0.2) is 23.1 Å². The van der Waals surface area contributed by atoms with Crippen LogP contribution in [-0.2, 0) is 25.7 Å². The van der Waals surface area contributed by atoms with Crippen molar-refractivity contribution in [2.75, 3.05) is 12.4 Å². The molecule has 1 aliphatic rings. The first kappa shape index (κ1) is 22.6. The molecule has 0 saturated heterocycles. The van der Waals surface area contributed by atoms with E-state index in [1.165, 1.54) is 49.7 Å². The van der Waals surface area contributed by atoms with Gasteiger partial charge in [0.15, 0.2) is 0 Å². The Hall–Kier alpha value is -2.10. The number of hydrogen-bond donors (Lipinski definition) is 1. The van der Waals surface area contributed by atoms with Gasteiger partial charge in [-0.3, -0.25) is 0 Å². The molecule has 2 aromatic rings. The number of ether oxygens (including phenoxy) is 1. The van der Waals surface area contributed by atoms with E-state index in [0.717, 1.165) is 59.9 Å². The molecule has 0 aliphatic heterocycles. The quantitative estimate of drug-likeness (QED) is 0.484. The number of benzene rings is 1. The van der Waals surface area contributed by atoms with E-state index in [1.54, 1.807) is 7.11 Å². The highest BCUT2D eigenvalue weighted by Crippen LogP contribution is 2.37. The number of anilines is 1. The van der Waals surface area contributed by atoms with E-state index in [2.05, 4.69) is 45.1 Å². The molecule has 30 heavy (non-hydrogen) atoms. The topological polar surface area (TPSA) is 47.0 Å². The van der Waals surface area contributed by atoms with Crippen LogP contribution >= 0.6 is 0 Å². The van der Waals surface area contributed by atoms with Gasteiger partial charge in [0.05, 0.1) is 24.2 Å². The molecule has 164 valence electrons. The summed E-state index contributed by atoms with van der Waals surface area (Å²) in [6, 6.07) is 5.02. The second kappa shape index (κ2) is 10.8. The molecule has 1 aromatic heterocycles. The third kappa shape index (κ3) is 4.96. The summed E-state index contributed by atoms with van der Waals surface area (Å²) in [6.07, 6.45) is 11.3. The van der Waals surface area contributed by atoms with Crippen LogP contribution in [0.2, 0.25) is 0 Å². The molecule has 0 unspecified atom stereocenters. The van der Waals surface area contributed by atoms with Crippen LogP contribution in [0.15, 0.2) is 12.1 Å². The fourth-order valence-corrected chi connectivity index (χ4v) is 4.63. The minimum atomic E-state index is 0.466. The zero-order valence-electron chi connectivity index (χ0n) is 19.6. The van der Waals surface area contributed by atoms with Crippen molar-refractivity contribution < 1.29 is 4.74 Å². The number of aryl methyl sites for hydroxylation is 4. The van der Waals surface area contributed by atoms with E-state index in [-0.39, 0.29) is 0 Å². The Morgan fingerprint density at radius 2 is 1.53 bits per heavy atom. The van der Waals surface area contributed by atoms with Crippen LogP contribution in [0, 0.1) is 0 Å². The molecule has 0 bridgehead atoms. The predicted molar refractivity (Wildman–Crippen MR) is 127 cm³/mol. The van der Waals surface area contributed by atoms with E-state index in [1.807, 2.05) is 0 Å². The molecule has 1 aliphatic carbocycles. The van der Waals surface area contributed by atoms with Gasteiger partial charge in [0.2, 0.25) is 0 Å². The first-order valence-electron chi connectivity index (χ1n) is 12.0. The van der Waals surface area contributed by atoms with Gasteiger partial charge in [0.25, 0.3) is 0 Å². The number of nitrogens with zero attached hydrogens (tertiary/aromatic N) is 2. The highest BCUT2D eigenvalue weighted by atomic mass is 16.5. The van der Waals surface area contributed by atoms with Gasteiger partial charge < -0.3 is 10.1 Å². The molecule has 1 aromatic carbocycles. The summed E-state index contributed by atoms with van der Waals surface area (Å²) in [5, 5.41) is 3.73. The zero-order chi connectivity index (χ0) is 21.5. The normalized spacial score (nSPS) is 13.4. The van der Waals surface area contributed by atoms with Crippen LogP contribution in [0.1, 0.15) is 88.7 Å². The van der Waals surface area contributed by atoms with Crippen molar-refractivity contribution in [1.82, 2.24) is 9.97 Å². The Labute approximate surface area is 182 Å². The molecular formula is C26H39N3O. The summed E-state index contributed by atoms with van der Waals surface area (Å²) in [5.74, 6) is 1.90. The third-order valence-electron chi connectivity index (χ3n) is 6.24. The lowest BCUT2D eigenvalue weighted by Crippen LogP contribution is -2.22. The van der Waals surface area contributed by atoms with Crippen LogP contribution in [0.3, 0.4) is 0 Å². The van der Waals surface area contributed by atoms with Gasteiger partial charge in [-0.15, -0.1) is 0 Å². The average Bonchev–Trinajstić information content (AvgIpc) is 2.78. The van der Waals surface area contributed by atoms with E-state index in [0.29, 0.717) is 6.04 Å². The molecule has 0 atom stereocenters. The van der Waals surface area contributed by atoms with Crippen molar-refractivity contribution in [1.29, 1.82) is 0 Å². The molecule has 1 heterocycles. The van der Waals surface area contributed by atoms with E-state index < -0.39 is 0 Å². The van der Waals surface area contributed by atoms with E-state index >= 15 is 0 Å². The van der Waals surface area contributed by atoms with Gasteiger partial charge >= 0.3 is 0 Å². The molecule has 3 rings (SSSR count). The monoisotopic (exact) mass is 409 g/mol. The van der Waals surface area contributed by atoms with Gasteiger partial charge in [-0.2, -0.15) is 0 Å². The molecule has 0 amide bonds. The van der Waals surface area contributed by atoms with Crippen molar-refractivity contribution in [3.63, 3.8) is 0 Å². The molecular weight excluding hydrogens is 370 g/mol. The van der Waals surface area contributed by atoms with Gasteiger partial charge in [0.1, 0.15) is 11.6 Å². The fourth-order valence-electron chi connectivity index (χ4n) is 4.63. The molecule has 4 nitrogen and oxygen atoms in total. The number of nitrogens with one attached hydrogen (secondary N) is 1. The van der Waals surface area contributed by atoms with Crippen molar-refractivity contribution in [3.05, 3.63) is 34.6 Å². The lowest BCUT2D eigenvalue weighted by Gasteiger charge is -2.23. The maximum absolute atomic E-state index is 5.81. The number of methoxy groups -OCH3 is 1. The Balaban J connectivity index is 2.06. The SMILES string of the molecule is CCCC(CCC)Nc1nc(CC)c(-c2cc3c(cc2OC)CCCC3)nc1CC. The van der Waals surface area contributed by atoms with Crippen LogP contribution < -0.4 is 10.1 Å². The summed E-state index contributed by atoms with van der Waals surface area (Å²) in [4.78, 5) is 10.3. The molecule has 0 spiro atoms. The van der Waals surface area contributed by atoms with Gasteiger partial charge in [-0.1, -0.05) is 40.5 Å². The van der Waals surface area contributed by atoms with Crippen molar-refractivity contribution in [2.24, 2.45) is 0 Å². The summed E-state index contributed by atoms with van der Waals surface area (Å²) >= 11 is 0. The molecule has 4 heteroatoms. The minimum absolute atomic E-state index is 0.466. The highest BCUT2D eigenvalue weighted by molar-refractivity contribution is 5.72. The number of rotatable bonds is 10. The summed E-state index contributed by atoms with van der Waals surface area (Å²) in [7, 11) is 1.77. The smallest absolute Gasteiger partial charge is 0.148 e. The second-order valence-corrected chi connectivity index (χ2v) is 8.47. The maximum Gasteiger partial charge on any atom is 0.148 e. The molecule has 1 N–H and O–H groups in total. The van der Waals surface area contributed by atoms with E-state index in [9.17, 15) is 0 Å². The van der Waals surface area contributed by atoms with Crippen molar-refractivity contribution in [3.8, 4) is 17.0 Å². The zero-order valence-corrected chi connectivity index (χ0v) is 19.6. The number of aromatic nitrogens is 2. The van der Waals surface area contributed by atoms with E-state index in [4.69, 9.17) is 14.7 Å².